The number of halogens is 2. The molecule has 16 heavy (non-hydrogen) atoms. The second-order valence-electron chi connectivity index (χ2n) is 3.13. The topological polar surface area (TPSA) is 65.3 Å². The molecule has 0 bridgehead atoms. The Kier molecular flexibility index (Phi) is 4.09. The highest BCUT2D eigenvalue weighted by molar-refractivity contribution is 6.37. The first-order valence-electron chi connectivity index (χ1n) is 4.23. The van der Waals surface area contributed by atoms with Crippen LogP contribution in [0.3, 0.4) is 0 Å². The standard InChI is InChI=1S/C9H9Cl2N3O2/c1-14(2)13-12-8-6(9(15)16)3-5(10)4-7(8)11/h3-4H,1-2H3,(H,15,16). The van der Waals surface area contributed by atoms with Gasteiger partial charge in [0.05, 0.1) is 10.6 Å². The van der Waals surface area contributed by atoms with Crippen LogP contribution in [0, 0.1) is 0 Å². The van der Waals surface area contributed by atoms with Crippen LogP contribution in [0.5, 0.6) is 0 Å². The van der Waals surface area contributed by atoms with Crippen molar-refractivity contribution < 1.29 is 9.90 Å². The number of hydrogen-bond donors (Lipinski definition) is 1. The summed E-state index contributed by atoms with van der Waals surface area (Å²) < 4.78 is 0. The zero-order valence-electron chi connectivity index (χ0n) is 8.61. The first-order valence-corrected chi connectivity index (χ1v) is 4.98. The monoisotopic (exact) mass is 261 g/mol. The number of carboxylic acid groups (broad SMARTS) is 1. The molecule has 1 aromatic rings. The van der Waals surface area contributed by atoms with Gasteiger partial charge in [0.2, 0.25) is 0 Å². The largest absolute Gasteiger partial charge is 0.478 e. The lowest BCUT2D eigenvalue weighted by molar-refractivity contribution is 0.0697. The molecule has 0 aliphatic heterocycles. The Labute approximate surface area is 102 Å². The normalized spacial score (nSPS) is 10.8. The van der Waals surface area contributed by atoms with E-state index in [1.54, 1.807) is 14.1 Å². The van der Waals surface area contributed by atoms with Crippen LogP contribution < -0.4 is 0 Å². The summed E-state index contributed by atoms with van der Waals surface area (Å²) in [6.45, 7) is 0. The van der Waals surface area contributed by atoms with Gasteiger partial charge in [0.25, 0.3) is 0 Å². The molecule has 0 aliphatic carbocycles. The van der Waals surface area contributed by atoms with E-state index in [1.807, 2.05) is 0 Å². The number of nitrogens with zero attached hydrogens (tertiary/aromatic N) is 3. The highest BCUT2D eigenvalue weighted by Crippen LogP contribution is 2.32. The fraction of sp³-hybridized carbons (Fsp3) is 0.222. The zero-order valence-corrected chi connectivity index (χ0v) is 10.1. The van der Waals surface area contributed by atoms with E-state index < -0.39 is 5.97 Å². The van der Waals surface area contributed by atoms with Crippen LogP contribution in [-0.4, -0.2) is 30.2 Å². The van der Waals surface area contributed by atoms with Crippen LogP contribution in [0.15, 0.2) is 22.5 Å². The smallest absolute Gasteiger partial charge is 0.338 e. The first kappa shape index (κ1) is 12.7. The Balaban J connectivity index is 3.30. The summed E-state index contributed by atoms with van der Waals surface area (Å²) in [5.74, 6) is -1.16. The molecule has 7 heteroatoms. The molecule has 86 valence electrons. The average Bonchev–Trinajstić information content (AvgIpc) is 2.14. The van der Waals surface area contributed by atoms with Crippen molar-refractivity contribution >= 4 is 34.9 Å². The van der Waals surface area contributed by atoms with E-state index in [0.29, 0.717) is 0 Å². The van der Waals surface area contributed by atoms with Gasteiger partial charge in [0.1, 0.15) is 5.69 Å². The van der Waals surface area contributed by atoms with Crippen LogP contribution in [0.25, 0.3) is 0 Å². The zero-order chi connectivity index (χ0) is 12.3. The van der Waals surface area contributed by atoms with Crippen LogP contribution in [-0.2, 0) is 0 Å². The summed E-state index contributed by atoms with van der Waals surface area (Å²) >= 11 is 11.5. The molecule has 0 aromatic heterocycles. The number of hydrogen-bond acceptors (Lipinski definition) is 3. The molecule has 0 atom stereocenters. The summed E-state index contributed by atoms with van der Waals surface area (Å²) in [4.78, 5) is 10.9. The molecule has 0 spiro atoms. The van der Waals surface area contributed by atoms with Gasteiger partial charge in [0.15, 0.2) is 0 Å². The fourth-order valence-corrected chi connectivity index (χ4v) is 1.50. The quantitative estimate of drug-likeness (QED) is 0.671. The van der Waals surface area contributed by atoms with Gasteiger partial charge in [-0.3, -0.25) is 5.01 Å². The molecule has 1 aromatic carbocycles. The summed E-state index contributed by atoms with van der Waals surface area (Å²) in [6, 6.07) is 2.69. The van der Waals surface area contributed by atoms with Crippen molar-refractivity contribution in [2.45, 2.75) is 0 Å². The number of carbonyl (C=O) groups is 1. The maximum absolute atomic E-state index is 10.9. The van der Waals surface area contributed by atoms with Gasteiger partial charge < -0.3 is 5.11 Å². The Morgan fingerprint density at radius 1 is 1.38 bits per heavy atom. The van der Waals surface area contributed by atoms with Crippen molar-refractivity contribution in [1.29, 1.82) is 0 Å². The van der Waals surface area contributed by atoms with E-state index in [-0.39, 0.29) is 21.3 Å². The van der Waals surface area contributed by atoms with Crippen molar-refractivity contribution in [3.05, 3.63) is 27.7 Å². The Hall–Kier alpha value is -1.33. The highest BCUT2D eigenvalue weighted by Gasteiger charge is 2.15. The molecule has 0 fully saturated rings. The number of rotatable bonds is 3. The van der Waals surface area contributed by atoms with E-state index in [1.165, 1.54) is 17.1 Å². The van der Waals surface area contributed by atoms with Crippen molar-refractivity contribution in [1.82, 2.24) is 5.01 Å². The van der Waals surface area contributed by atoms with Gasteiger partial charge >= 0.3 is 5.97 Å². The predicted molar refractivity (Wildman–Crippen MR) is 61.6 cm³/mol. The fourth-order valence-electron chi connectivity index (χ4n) is 0.965. The van der Waals surface area contributed by atoms with E-state index in [4.69, 9.17) is 28.3 Å². The molecule has 1 N–H and O–H groups in total. The number of aromatic carboxylic acids is 1. The van der Waals surface area contributed by atoms with Gasteiger partial charge in [-0.25, -0.2) is 4.79 Å². The first-order chi connectivity index (χ1) is 7.41. The third kappa shape index (κ3) is 3.08. The number of benzene rings is 1. The maximum Gasteiger partial charge on any atom is 0.338 e. The second kappa shape index (κ2) is 5.14. The van der Waals surface area contributed by atoms with Crippen molar-refractivity contribution in [3.63, 3.8) is 0 Å². The van der Waals surface area contributed by atoms with Crippen molar-refractivity contribution in [3.8, 4) is 0 Å². The molecule has 0 heterocycles. The van der Waals surface area contributed by atoms with Crippen LogP contribution in [0.2, 0.25) is 10.0 Å². The Bertz CT molecular complexity index is 447. The van der Waals surface area contributed by atoms with Gasteiger partial charge in [-0.1, -0.05) is 28.4 Å². The van der Waals surface area contributed by atoms with E-state index in [2.05, 4.69) is 10.3 Å². The third-order valence-electron chi connectivity index (χ3n) is 1.58. The molecular formula is C9H9Cl2N3O2. The minimum absolute atomic E-state index is 0.0805. The number of carboxylic acids is 1. The van der Waals surface area contributed by atoms with E-state index >= 15 is 0 Å². The van der Waals surface area contributed by atoms with Gasteiger partial charge in [-0.15, -0.1) is 5.11 Å². The molecule has 0 amide bonds. The SMILES string of the molecule is CN(C)N=Nc1c(Cl)cc(Cl)cc1C(=O)O. The molecule has 0 unspecified atom stereocenters. The summed E-state index contributed by atoms with van der Waals surface area (Å²) in [5.41, 5.74) is 0.00960. The van der Waals surface area contributed by atoms with Gasteiger partial charge in [0, 0.05) is 19.1 Å². The Morgan fingerprint density at radius 3 is 2.50 bits per heavy atom. The summed E-state index contributed by atoms with van der Waals surface area (Å²) in [5, 5.41) is 18.2. The Morgan fingerprint density at radius 2 is 2.00 bits per heavy atom. The molecule has 0 saturated carbocycles. The molecule has 5 nitrogen and oxygen atoms in total. The average molecular weight is 262 g/mol. The van der Waals surface area contributed by atoms with E-state index in [9.17, 15) is 4.79 Å². The minimum atomic E-state index is -1.16. The minimum Gasteiger partial charge on any atom is -0.478 e. The molecule has 0 saturated heterocycles. The molecule has 0 radical (unpaired) electrons. The highest BCUT2D eigenvalue weighted by atomic mass is 35.5. The lowest BCUT2D eigenvalue weighted by atomic mass is 10.2. The molecule has 0 aliphatic rings. The van der Waals surface area contributed by atoms with Crippen LogP contribution >= 0.6 is 23.2 Å². The van der Waals surface area contributed by atoms with Gasteiger partial charge in [-0.05, 0) is 12.1 Å². The summed E-state index contributed by atoms with van der Waals surface area (Å²) in [7, 11) is 3.32. The van der Waals surface area contributed by atoms with Gasteiger partial charge in [-0.2, -0.15) is 0 Å². The molecule has 1 rings (SSSR count). The van der Waals surface area contributed by atoms with Crippen LogP contribution in [0.1, 0.15) is 10.4 Å². The third-order valence-corrected chi connectivity index (χ3v) is 2.09. The summed E-state index contributed by atoms with van der Waals surface area (Å²) in [6.07, 6.45) is 0. The maximum atomic E-state index is 10.9. The van der Waals surface area contributed by atoms with E-state index in [0.717, 1.165) is 0 Å². The van der Waals surface area contributed by atoms with Crippen molar-refractivity contribution in [2.75, 3.05) is 14.1 Å². The lowest BCUT2D eigenvalue weighted by Gasteiger charge is -2.05. The second-order valence-corrected chi connectivity index (χ2v) is 3.97. The lowest BCUT2D eigenvalue weighted by Crippen LogP contribution is -2.01. The predicted octanol–water partition coefficient (Wildman–Crippen LogP) is 3.25. The van der Waals surface area contributed by atoms with Crippen LogP contribution in [0.4, 0.5) is 5.69 Å². The van der Waals surface area contributed by atoms with Crippen molar-refractivity contribution in [2.24, 2.45) is 10.3 Å². The molecular weight excluding hydrogens is 253 g/mol.